The maximum atomic E-state index is 5.96. The first-order valence-corrected chi connectivity index (χ1v) is 10.0. The highest BCUT2D eigenvalue weighted by molar-refractivity contribution is 6.30. The van der Waals surface area contributed by atoms with Crippen LogP contribution in [0.5, 0.6) is 0 Å². The number of anilines is 1. The summed E-state index contributed by atoms with van der Waals surface area (Å²) in [6.45, 7) is 6.34. The van der Waals surface area contributed by atoms with Crippen LogP contribution in [-0.2, 0) is 6.54 Å². The molecule has 0 saturated carbocycles. The second-order valence-electron chi connectivity index (χ2n) is 7.62. The zero-order chi connectivity index (χ0) is 18.9. The first-order valence-electron chi connectivity index (χ1n) is 9.64. The molecule has 8 heteroatoms. The molecule has 0 radical (unpaired) electrons. The molecule has 7 nitrogen and oxygen atoms in total. The fourth-order valence-electron chi connectivity index (χ4n) is 4.31. The van der Waals surface area contributed by atoms with Crippen LogP contribution in [0.1, 0.15) is 0 Å². The monoisotopic (exact) mass is 395 g/mol. The smallest absolute Gasteiger partial charge is 0.147 e. The van der Waals surface area contributed by atoms with Crippen molar-refractivity contribution in [2.75, 3.05) is 37.6 Å². The molecule has 2 unspecified atom stereocenters. The van der Waals surface area contributed by atoms with Gasteiger partial charge in [-0.05, 0) is 24.0 Å². The van der Waals surface area contributed by atoms with Gasteiger partial charge in [0.2, 0.25) is 0 Å². The van der Waals surface area contributed by atoms with Crippen molar-refractivity contribution in [3.63, 3.8) is 0 Å². The van der Waals surface area contributed by atoms with Gasteiger partial charge >= 0.3 is 0 Å². The molecule has 0 N–H and O–H groups in total. The molecule has 2 aliphatic heterocycles. The van der Waals surface area contributed by atoms with E-state index in [1.54, 1.807) is 6.20 Å². The van der Waals surface area contributed by atoms with Gasteiger partial charge in [0.15, 0.2) is 0 Å². The Morgan fingerprint density at radius 2 is 1.71 bits per heavy atom. The van der Waals surface area contributed by atoms with Gasteiger partial charge in [0.05, 0.1) is 30.8 Å². The molecule has 3 aromatic rings. The van der Waals surface area contributed by atoms with E-state index in [0.717, 1.165) is 61.4 Å². The standard InChI is InChI=1S/C20H22ClN7/c21-18-3-1-15(2-4-18)19-9-23-20(10-22-19)27-13-16-11-26(12-17(16)14-27)7-8-28-6-5-24-25-28/h1-6,9-10,16-17H,7-8,11-14H2. The minimum Gasteiger partial charge on any atom is -0.355 e. The third-order valence-corrected chi connectivity index (χ3v) is 6.03. The number of hydrogen-bond acceptors (Lipinski definition) is 6. The van der Waals surface area contributed by atoms with Gasteiger partial charge in [0.1, 0.15) is 5.82 Å². The molecule has 0 spiro atoms. The zero-order valence-corrected chi connectivity index (χ0v) is 16.3. The average Bonchev–Trinajstić information content (AvgIpc) is 3.44. The van der Waals surface area contributed by atoms with Crippen LogP contribution >= 0.6 is 11.6 Å². The average molecular weight is 396 g/mol. The summed E-state index contributed by atoms with van der Waals surface area (Å²) >= 11 is 5.96. The number of rotatable bonds is 5. The van der Waals surface area contributed by atoms with E-state index in [0.29, 0.717) is 11.8 Å². The molecule has 0 aliphatic carbocycles. The number of hydrogen-bond donors (Lipinski definition) is 0. The van der Waals surface area contributed by atoms with Crippen molar-refractivity contribution in [3.8, 4) is 11.3 Å². The SMILES string of the molecule is Clc1ccc(-c2cnc(N3CC4CN(CCn5ccnn5)CC4C3)cn2)cc1. The van der Waals surface area contributed by atoms with Crippen LogP contribution in [0.2, 0.25) is 5.02 Å². The number of fused-ring (bicyclic) bond motifs is 1. The Morgan fingerprint density at radius 1 is 0.929 bits per heavy atom. The van der Waals surface area contributed by atoms with Crippen LogP contribution in [0.4, 0.5) is 5.82 Å². The van der Waals surface area contributed by atoms with Crippen LogP contribution in [-0.4, -0.2) is 62.6 Å². The fraction of sp³-hybridized carbons (Fsp3) is 0.400. The zero-order valence-electron chi connectivity index (χ0n) is 15.5. The minimum atomic E-state index is 0.702. The largest absolute Gasteiger partial charge is 0.355 e. The van der Waals surface area contributed by atoms with E-state index in [1.807, 2.05) is 47.5 Å². The summed E-state index contributed by atoms with van der Waals surface area (Å²) in [6.07, 6.45) is 7.41. The molecule has 1 aromatic carbocycles. The van der Waals surface area contributed by atoms with Crippen molar-refractivity contribution in [2.45, 2.75) is 6.54 Å². The van der Waals surface area contributed by atoms with E-state index in [4.69, 9.17) is 11.6 Å². The summed E-state index contributed by atoms with van der Waals surface area (Å²) in [5, 5.41) is 8.64. The van der Waals surface area contributed by atoms with Gasteiger partial charge in [0, 0.05) is 49.5 Å². The summed E-state index contributed by atoms with van der Waals surface area (Å²) in [6, 6.07) is 7.70. The van der Waals surface area contributed by atoms with Crippen LogP contribution in [0.25, 0.3) is 11.3 Å². The maximum Gasteiger partial charge on any atom is 0.147 e. The van der Waals surface area contributed by atoms with Gasteiger partial charge < -0.3 is 9.80 Å². The number of benzene rings is 1. The normalized spacial score (nSPS) is 22.0. The molecule has 2 saturated heterocycles. The highest BCUT2D eigenvalue weighted by atomic mass is 35.5. The predicted octanol–water partition coefficient (Wildman–Crippen LogP) is 2.46. The molecule has 5 rings (SSSR count). The molecular formula is C20H22ClN7. The lowest BCUT2D eigenvalue weighted by molar-refractivity contribution is 0.295. The number of likely N-dealkylation sites (tertiary alicyclic amines) is 1. The molecule has 4 heterocycles. The van der Waals surface area contributed by atoms with Crippen molar-refractivity contribution in [2.24, 2.45) is 11.8 Å². The lowest BCUT2D eigenvalue weighted by Crippen LogP contribution is -2.31. The summed E-state index contributed by atoms with van der Waals surface area (Å²) < 4.78 is 1.90. The van der Waals surface area contributed by atoms with E-state index >= 15 is 0 Å². The van der Waals surface area contributed by atoms with Crippen LogP contribution in [0.15, 0.2) is 49.1 Å². The van der Waals surface area contributed by atoms with Crippen molar-refractivity contribution >= 4 is 17.4 Å². The first kappa shape index (κ1) is 17.6. The van der Waals surface area contributed by atoms with Gasteiger partial charge in [-0.1, -0.05) is 28.9 Å². The van der Waals surface area contributed by atoms with Crippen LogP contribution in [0.3, 0.4) is 0 Å². The van der Waals surface area contributed by atoms with E-state index in [2.05, 4.69) is 30.1 Å². The molecule has 28 heavy (non-hydrogen) atoms. The molecule has 144 valence electrons. The van der Waals surface area contributed by atoms with E-state index in [9.17, 15) is 0 Å². The Morgan fingerprint density at radius 3 is 2.36 bits per heavy atom. The molecule has 0 amide bonds. The Kier molecular flexibility index (Phi) is 4.70. The van der Waals surface area contributed by atoms with Crippen LogP contribution < -0.4 is 4.90 Å². The van der Waals surface area contributed by atoms with Crippen molar-refractivity contribution in [1.29, 1.82) is 0 Å². The van der Waals surface area contributed by atoms with E-state index in [-0.39, 0.29) is 0 Å². The summed E-state index contributed by atoms with van der Waals surface area (Å²) in [5.41, 5.74) is 1.91. The topological polar surface area (TPSA) is 63.0 Å². The third kappa shape index (κ3) is 3.59. The Hall–Kier alpha value is -2.51. The lowest BCUT2D eigenvalue weighted by atomic mass is 10.0. The minimum absolute atomic E-state index is 0.702. The molecule has 2 fully saturated rings. The second kappa shape index (κ2) is 7.48. The fourth-order valence-corrected chi connectivity index (χ4v) is 4.44. The maximum absolute atomic E-state index is 5.96. The van der Waals surface area contributed by atoms with Gasteiger partial charge in [-0.25, -0.2) is 4.98 Å². The molecule has 0 bridgehead atoms. The second-order valence-corrected chi connectivity index (χ2v) is 8.05. The van der Waals surface area contributed by atoms with E-state index in [1.165, 1.54) is 0 Å². The Bertz CT molecular complexity index is 897. The van der Waals surface area contributed by atoms with Crippen molar-refractivity contribution in [3.05, 3.63) is 54.1 Å². The van der Waals surface area contributed by atoms with Gasteiger partial charge in [-0.2, -0.15) is 0 Å². The highest BCUT2D eigenvalue weighted by Gasteiger charge is 2.40. The van der Waals surface area contributed by atoms with Gasteiger partial charge in [0.25, 0.3) is 0 Å². The molecule has 2 aromatic heterocycles. The predicted molar refractivity (Wildman–Crippen MR) is 108 cm³/mol. The van der Waals surface area contributed by atoms with Crippen molar-refractivity contribution < 1.29 is 0 Å². The molecule has 2 aliphatic rings. The highest BCUT2D eigenvalue weighted by Crippen LogP contribution is 2.33. The lowest BCUT2D eigenvalue weighted by Gasteiger charge is -2.22. The number of aromatic nitrogens is 5. The molecule has 2 atom stereocenters. The first-order chi connectivity index (χ1) is 13.7. The van der Waals surface area contributed by atoms with E-state index < -0.39 is 0 Å². The summed E-state index contributed by atoms with van der Waals surface area (Å²) in [5.74, 6) is 2.38. The molecular weight excluding hydrogens is 374 g/mol. The quantitative estimate of drug-likeness (QED) is 0.661. The number of halogens is 1. The van der Waals surface area contributed by atoms with Gasteiger partial charge in [-0.15, -0.1) is 5.10 Å². The van der Waals surface area contributed by atoms with Gasteiger partial charge in [-0.3, -0.25) is 9.67 Å². The van der Waals surface area contributed by atoms with Crippen LogP contribution in [0, 0.1) is 11.8 Å². The summed E-state index contributed by atoms with van der Waals surface area (Å²) in [4.78, 5) is 14.2. The Balaban J connectivity index is 1.18. The Labute approximate surface area is 169 Å². The summed E-state index contributed by atoms with van der Waals surface area (Å²) in [7, 11) is 0. The van der Waals surface area contributed by atoms with Crippen molar-refractivity contribution in [1.82, 2.24) is 29.9 Å². The third-order valence-electron chi connectivity index (χ3n) is 5.78. The number of nitrogens with zero attached hydrogens (tertiary/aromatic N) is 7.